The van der Waals surface area contributed by atoms with E-state index in [1.54, 1.807) is 12.1 Å². The van der Waals surface area contributed by atoms with Gasteiger partial charge in [-0.15, -0.1) is 0 Å². The van der Waals surface area contributed by atoms with E-state index in [2.05, 4.69) is 20.8 Å². The molecule has 0 aromatic heterocycles. The van der Waals surface area contributed by atoms with Crippen LogP contribution in [-0.2, 0) is 38.7 Å². The van der Waals surface area contributed by atoms with Crippen molar-refractivity contribution < 1.29 is 38.1 Å². The summed E-state index contributed by atoms with van der Waals surface area (Å²) >= 11 is 0. The van der Waals surface area contributed by atoms with E-state index in [4.69, 9.17) is 23.7 Å². The summed E-state index contributed by atoms with van der Waals surface area (Å²) in [5.41, 5.74) is 1.11. The number of esters is 3. The smallest absolute Gasteiger partial charge is 0.303 e. The third-order valence-electron chi connectivity index (χ3n) is 4.28. The zero-order valence-corrected chi connectivity index (χ0v) is 17.6. The fourth-order valence-electron chi connectivity index (χ4n) is 2.98. The molecule has 8 heteroatoms. The number of carbonyl (C=O) groups excluding carboxylic acids is 3. The molecule has 1 aromatic carbocycles. The first-order valence-electron chi connectivity index (χ1n) is 9.38. The van der Waals surface area contributed by atoms with Crippen LogP contribution in [-0.4, -0.2) is 49.1 Å². The molecule has 0 spiro atoms. The van der Waals surface area contributed by atoms with Crippen molar-refractivity contribution in [2.45, 2.75) is 71.6 Å². The summed E-state index contributed by atoms with van der Waals surface area (Å²) in [4.78, 5) is 34.6. The standard InChI is InChI=1S/C21H28O8/c1-12(22)26-17-11-25-20(19(28-14(3)24)18(17)27-13(2)23)29-16-9-7-15(8-10-16)21(4,5)6/h7-10,17-20H,11H2,1-6H3/t17-,18+,19-,20+/m0/s1. The summed E-state index contributed by atoms with van der Waals surface area (Å²) < 4.78 is 27.3. The number of ether oxygens (including phenoxy) is 5. The van der Waals surface area contributed by atoms with Gasteiger partial charge < -0.3 is 23.7 Å². The molecule has 160 valence electrons. The minimum Gasteiger partial charge on any atom is -0.461 e. The maximum absolute atomic E-state index is 11.6. The molecule has 0 radical (unpaired) electrons. The van der Waals surface area contributed by atoms with Crippen molar-refractivity contribution in [3.8, 4) is 5.75 Å². The fourth-order valence-corrected chi connectivity index (χ4v) is 2.98. The van der Waals surface area contributed by atoms with Gasteiger partial charge in [0.25, 0.3) is 0 Å². The quantitative estimate of drug-likeness (QED) is 0.542. The van der Waals surface area contributed by atoms with Gasteiger partial charge in [-0.25, -0.2) is 0 Å². The van der Waals surface area contributed by atoms with Crippen molar-refractivity contribution in [1.82, 2.24) is 0 Å². The van der Waals surface area contributed by atoms with Crippen LogP contribution in [0.1, 0.15) is 47.1 Å². The van der Waals surface area contributed by atoms with Crippen LogP contribution in [0.3, 0.4) is 0 Å². The summed E-state index contributed by atoms with van der Waals surface area (Å²) in [7, 11) is 0. The van der Waals surface area contributed by atoms with E-state index in [1.165, 1.54) is 20.8 Å². The first kappa shape index (κ1) is 22.7. The van der Waals surface area contributed by atoms with Gasteiger partial charge in [0.1, 0.15) is 5.75 Å². The minimum absolute atomic E-state index is 0.0161. The molecule has 1 fully saturated rings. The highest BCUT2D eigenvalue weighted by atomic mass is 16.7. The van der Waals surface area contributed by atoms with Gasteiger partial charge in [0.2, 0.25) is 12.4 Å². The van der Waals surface area contributed by atoms with E-state index in [0.717, 1.165) is 5.56 Å². The molecular formula is C21H28O8. The number of hydrogen-bond donors (Lipinski definition) is 0. The lowest BCUT2D eigenvalue weighted by molar-refractivity contribution is -0.259. The topological polar surface area (TPSA) is 97.4 Å². The summed E-state index contributed by atoms with van der Waals surface area (Å²) in [5.74, 6) is -1.31. The van der Waals surface area contributed by atoms with E-state index in [0.29, 0.717) is 5.75 Å². The molecule has 0 unspecified atom stereocenters. The lowest BCUT2D eigenvalue weighted by atomic mass is 9.87. The van der Waals surface area contributed by atoms with Crippen LogP contribution in [0.4, 0.5) is 0 Å². The van der Waals surface area contributed by atoms with Crippen LogP contribution in [0.2, 0.25) is 0 Å². The van der Waals surface area contributed by atoms with Crippen molar-refractivity contribution in [2.75, 3.05) is 6.61 Å². The minimum atomic E-state index is -1.11. The molecule has 4 atom stereocenters. The van der Waals surface area contributed by atoms with Gasteiger partial charge in [0.05, 0.1) is 6.61 Å². The van der Waals surface area contributed by atoms with Crippen molar-refractivity contribution in [2.24, 2.45) is 0 Å². The Kier molecular flexibility index (Phi) is 7.24. The van der Waals surface area contributed by atoms with Crippen molar-refractivity contribution in [3.05, 3.63) is 29.8 Å². The summed E-state index contributed by atoms with van der Waals surface area (Å²) in [6.45, 7) is 9.88. The van der Waals surface area contributed by atoms with Gasteiger partial charge in [-0.05, 0) is 23.1 Å². The van der Waals surface area contributed by atoms with Crippen LogP contribution in [0.5, 0.6) is 5.75 Å². The number of hydrogen-bond acceptors (Lipinski definition) is 8. The highest BCUT2D eigenvalue weighted by molar-refractivity contribution is 5.68. The molecule has 0 N–H and O–H groups in total. The molecule has 1 aliphatic rings. The zero-order chi connectivity index (χ0) is 21.8. The average molecular weight is 408 g/mol. The van der Waals surface area contributed by atoms with E-state index >= 15 is 0 Å². The van der Waals surface area contributed by atoms with E-state index in [9.17, 15) is 14.4 Å². The summed E-state index contributed by atoms with van der Waals surface area (Å²) in [6, 6.07) is 7.44. The normalized spacial score (nSPS) is 24.3. The third-order valence-corrected chi connectivity index (χ3v) is 4.28. The number of benzene rings is 1. The average Bonchev–Trinajstić information content (AvgIpc) is 2.58. The van der Waals surface area contributed by atoms with Crippen LogP contribution in [0.15, 0.2) is 24.3 Å². The second-order valence-electron chi connectivity index (χ2n) is 7.89. The molecule has 0 saturated carbocycles. The van der Waals surface area contributed by atoms with Gasteiger partial charge >= 0.3 is 17.9 Å². The van der Waals surface area contributed by atoms with E-state index < -0.39 is 42.5 Å². The molecule has 8 nitrogen and oxygen atoms in total. The molecule has 1 heterocycles. The van der Waals surface area contributed by atoms with E-state index in [1.807, 2.05) is 12.1 Å². The predicted octanol–water partition coefficient (Wildman–Crippen LogP) is 2.51. The zero-order valence-electron chi connectivity index (χ0n) is 17.6. The molecule has 2 rings (SSSR count). The van der Waals surface area contributed by atoms with Crippen LogP contribution in [0, 0.1) is 0 Å². The van der Waals surface area contributed by atoms with Crippen LogP contribution in [0.25, 0.3) is 0 Å². The molecule has 0 aliphatic carbocycles. The Balaban J connectivity index is 2.25. The highest BCUT2D eigenvalue weighted by Crippen LogP contribution is 2.29. The number of rotatable bonds is 5. The Bertz CT molecular complexity index is 734. The Morgan fingerprint density at radius 2 is 1.38 bits per heavy atom. The lowest BCUT2D eigenvalue weighted by Crippen LogP contribution is -2.59. The molecule has 1 aliphatic heterocycles. The number of carbonyl (C=O) groups is 3. The van der Waals surface area contributed by atoms with Crippen LogP contribution < -0.4 is 4.74 Å². The molecular weight excluding hydrogens is 380 g/mol. The second-order valence-corrected chi connectivity index (χ2v) is 7.89. The Labute approximate surface area is 170 Å². The second kappa shape index (κ2) is 9.26. The Morgan fingerprint density at radius 1 is 0.862 bits per heavy atom. The maximum atomic E-state index is 11.6. The van der Waals surface area contributed by atoms with Crippen LogP contribution >= 0.6 is 0 Å². The third kappa shape index (κ3) is 6.45. The van der Waals surface area contributed by atoms with Crippen molar-refractivity contribution >= 4 is 17.9 Å². The maximum Gasteiger partial charge on any atom is 0.303 e. The van der Waals surface area contributed by atoms with E-state index in [-0.39, 0.29) is 12.0 Å². The summed E-state index contributed by atoms with van der Waals surface area (Å²) in [5, 5.41) is 0. The molecule has 0 amide bonds. The van der Waals surface area contributed by atoms with Gasteiger partial charge in [0, 0.05) is 20.8 Å². The summed E-state index contributed by atoms with van der Waals surface area (Å²) in [6.07, 6.45) is -4.15. The predicted molar refractivity (Wildman–Crippen MR) is 102 cm³/mol. The van der Waals surface area contributed by atoms with Crippen molar-refractivity contribution in [3.63, 3.8) is 0 Å². The first-order valence-corrected chi connectivity index (χ1v) is 9.38. The van der Waals surface area contributed by atoms with Gasteiger partial charge in [-0.3, -0.25) is 14.4 Å². The first-order chi connectivity index (χ1) is 13.5. The Morgan fingerprint density at radius 3 is 1.86 bits per heavy atom. The molecule has 29 heavy (non-hydrogen) atoms. The molecule has 0 bridgehead atoms. The SMILES string of the molecule is CC(=O)O[C@@H]1[C@@H](Oc2ccc(C(C)(C)C)cc2)OC[C@H](OC(C)=O)[C@H]1OC(C)=O. The molecule has 1 aromatic rings. The largest absolute Gasteiger partial charge is 0.461 e. The lowest BCUT2D eigenvalue weighted by Gasteiger charge is -2.40. The highest BCUT2D eigenvalue weighted by Gasteiger charge is 2.48. The monoisotopic (exact) mass is 408 g/mol. The fraction of sp³-hybridized carbons (Fsp3) is 0.571. The van der Waals surface area contributed by atoms with Gasteiger partial charge in [-0.2, -0.15) is 0 Å². The molecule has 1 saturated heterocycles. The van der Waals surface area contributed by atoms with Gasteiger partial charge in [-0.1, -0.05) is 32.9 Å². The Hall–Kier alpha value is -2.61. The van der Waals surface area contributed by atoms with Crippen molar-refractivity contribution in [1.29, 1.82) is 0 Å². The van der Waals surface area contributed by atoms with Gasteiger partial charge in [0.15, 0.2) is 12.2 Å².